The van der Waals surface area contributed by atoms with Gasteiger partial charge >= 0.3 is 5.97 Å². The monoisotopic (exact) mass is 453 g/mol. The van der Waals surface area contributed by atoms with Crippen LogP contribution in [0, 0.1) is 0 Å². The molecule has 1 aliphatic rings. The normalized spacial score (nSPS) is 16.6. The second-order valence-electron chi connectivity index (χ2n) is 8.40. The molecule has 0 aliphatic carbocycles. The van der Waals surface area contributed by atoms with Crippen molar-refractivity contribution in [3.63, 3.8) is 0 Å². The van der Waals surface area contributed by atoms with E-state index in [0.717, 1.165) is 41.6 Å². The molecule has 0 radical (unpaired) electrons. The number of carbonyl (C=O) groups is 1. The molecule has 3 aromatic heterocycles. The highest BCUT2D eigenvalue weighted by atomic mass is 32.1. The van der Waals surface area contributed by atoms with Crippen molar-refractivity contribution in [1.29, 1.82) is 0 Å². The van der Waals surface area contributed by atoms with Gasteiger partial charge in [0.2, 0.25) is 0 Å². The Morgan fingerprint density at radius 1 is 1.38 bits per heavy atom. The van der Waals surface area contributed by atoms with Gasteiger partial charge in [-0.2, -0.15) is 0 Å². The first-order chi connectivity index (χ1) is 15.3. The van der Waals surface area contributed by atoms with Gasteiger partial charge in [-0.05, 0) is 42.5 Å². The molecule has 32 heavy (non-hydrogen) atoms. The van der Waals surface area contributed by atoms with Crippen molar-refractivity contribution in [2.45, 2.75) is 45.1 Å². The quantitative estimate of drug-likeness (QED) is 0.529. The van der Waals surface area contributed by atoms with Crippen LogP contribution >= 0.6 is 11.3 Å². The maximum Gasteiger partial charge on any atom is 0.328 e. The van der Waals surface area contributed by atoms with Crippen molar-refractivity contribution in [2.24, 2.45) is 5.73 Å². The van der Waals surface area contributed by atoms with Gasteiger partial charge in [-0.3, -0.25) is 9.20 Å². The number of fused-ring (bicyclic) bond motifs is 1. The number of pyridine rings is 1. The number of rotatable bonds is 7. The Morgan fingerprint density at radius 3 is 2.84 bits per heavy atom. The average Bonchev–Trinajstić information content (AvgIpc) is 3.40. The zero-order valence-electron chi connectivity index (χ0n) is 18.2. The van der Waals surface area contributed by atoms with Gasteiger partial charge in [0, 0.05) is 43.2 Å². The van der Waals surface area contributed by atoms with E-state index >= 15 is 0 Å². The summed E-state index contributed by atoms with van der Waals surface area (Å²) in [7, 11) is 0. The Labute approximate surface area is 190 Å². The molecule has 1 fully saturated rings. The minimum atomic E-state index is -1.11. The fraction of sp³-hybridized carbons (Fsp3) is 0.391. The van der Waals surface area contributed by atoms with Crippen molar-refractivity contribution in [1.82, 2.24) is 14.4 Å². The standard InChI is InChI=1S/C23H27N5O3S/c1-14(2)18-13-32-20(25-18)5-3-15-7-10-28-19(11-15)26-22(27-9-8-16(24)12-27)17(23(28)31)4-6-21(29)30/h4,6-7,10-11,13-14,16H,3,5,8-9,12,24H2,1-2H3,(H,29,30)/b6-4+/t16-/m1/s1. The van der Waals surface area contributed by atoms with Gasteiger partial charge in [-0.15, -0.1) is 11.3 Å². The van der Waals surface area contributed by atoms with Gasteiger partial charge in [0.05, 0.1) is 16.3 Å². The van der Waals surface area contributed by atoms with E-state index in [1.165, 1.54) is 10.5 Å². The topological polar surface area (TPSA) is 114 Å². The van der Waals surface area contributed by atoms with E-state index in [1.54, 1.807) is 17.5 Å². The number of hydrogen-bond donors (Lipinski definition) is 2. The van der Waals surface area contributed by atoms with Crippen molar-refractivity contribution in [3.8, 4) is 0 Å². The Morgan fingerprint density at radius 2 is 2.19 bits per heavy atom. The fourth-order valence-electron chi connectivity index (χ4n) is 3.82. The van der Waals surface area contributed by atoms with E-state index in [-0.39, 0.29) is 17.2 Å². The summed E-state index contributed by atoms with van der Waals surface area (Å²) in [5.41, 5.74) is 8.74. The molecule has 168 valence electrons. The van der Waals surface area contributed by atoms with Crippen molar-refractivity contribution in [3.05, 3.63) is 62.0 Å². The number of aryl methyl sites for hydroxylation is 2. The Balaban J connectivity index is 1.68. The third-order valence-electron chi connectivity index (χ3n) is 5.61. The molecule has 0 spiro atoms. The smallest absolute Gasteiger partial charge is 0.328 e. The van der Waals surface area contributed by atoms with E-state index < -0.39 is 5.97 Å². The molecule has 0 saturated carbocycles. The third-order valence-corrected chi connectivity index (χ3v) is 6.54. The Bertz CT molecular complexity index is 1230. The molecule has 0 unspecified atom stereocenters. The summed E-state index contributed by atoms with van der Waals surface area (Å²) in [4.78, 5) is 35.6. The third kappa shape index (κ3) is 4.73. The minimum absolute atomic E-state index is 0.00640. The van der Waals surface area contributed by atoms with E-state index in [4.69, 9.17) is 20.8 Å². The predicted molar refractivity (Wildman–Crippen MR) is 127 cm³/mol. The number of aliphatic carboxylic acids is 1. The van der Waals surface area contributed by atoms with Gasteiger partial charge < -0.3 is 15.7 Å². The number of anilines is 1. The molecule has 0 bridgehead atoms. The summed E-state index contributed by atoms with van der Waals surface area (Å²) in [6, 6.07) is 3.83. The first kappa shape index (κ1) is 22.2. The highest BCUT2D eigenvalue weighted by molar-refractivity contribution is 7.09. The molecule has 3 aromatic rings. The molecule has 0 aromatic carbocycles. The lowest BCUT2D eigenvalue weighted by molar-refractivity contribution is -0.131. The van der Waals surface area contributed by atoms with Crippen LogP contribution in [-0.4, -0.2) is 44.6 Å². The number of carboxylic acid groups (broad SMARTS) is 1. The molecule has 4 rings (SSSR count). The Hall–Kier alpha value is -3.04. The van der Waals surface area contributed by atoms with Crippen LogP contribution in [0.15, 0.2) is 34.6 Å². The molecule has 9 heteroatoms. The van der Waals surface area contributed by atoms with Crippen LogP contribution in [0.3, 0.4) is 0 Å². The minimum Gasteiger partial charge on any atom is -0.478 e. The number of nitrogens with zero attached hydrogens (tertiary/aromatic N) is 4. The summed E-state index contributed by atoms with van der Waals surface area (Å²) >= 11 is 1.68. The maximum absolute atomic E-state index is 13.2. The highest BCUT2D eigenvalue weighted by Gasteiger charge is 2.24. The number of aromatic nitrogens is 3. The molecule has 8 nitrogen and oxygen atoms in total. The Kier molecular flexibility index (Phi) is 6.38. The van der Waals surface area contributed by atoms with Gasteiger partial charge in [-0.1, -0.05) is 13.8 Å². The summed E-state index contributed by atoms with van der Waals surface area (Å²) in [5, 5.41) is 12.3. The lowest BCUT2D eigenvalue weighted by Gasteiger charge is -2.20. The molecular weight excluding hydrogens is 426 g/mol. The van der Waals surface area contributed by atoms with Gasteiger partial charge in [0.1, 0.15) is 11.5 Å². The first-order valence-electron chi connectivity index (χ1n) is 10.7. The van der Waals surface area contributed by atoms with Crippen LogP contribution in [0.2, 0.25) is 0 Å². The summed E-state index contributed by atoms with van der Waals surface area (Å²) in [6.45, 7) is 5.53. The molecular formula is C23H27N5O3S. The molecule has 4 heterocycles. The molecule has 1 saturated heterocycles. The van der Waals surface area contributed by atoms with Gasteiger partial charge in [0.25, 0.3) is 5.56 Å². The lowest BCUT2D eigenvalue weighted by Crippen LogP contribution is -2.30. The van der Waals surface area contributed by atoms with Crippen molar-refractivity contribution >= 4 is 34.8 Å². The number of thiazole rings is 1. The summed E-state index contributed by atoms with van der Waals surface area (Å²) < 4.78 is 1.46. The SMILES string of the molecule is CC(C)c1csc(CCc2ccn3c(=O)c(/C=C/C(=O)O)c(N4CC[C@@H](N)C4)nc3c2)n1. The van der Waals surface area contributed by atoms with E-state index in [2.05, 4.69) is 19.2 Å². The van der Waals surface area contributed by atoms with Crippen LogP contribution in [-0.2, 0) is 17.6 Å². The fourth-order valence-corrected chi connectivity index (χ4v) is 4.77. The number of nitrogens with two attached hydrogens (primary N) is 1. The average molecular weight is 454 g/mol. The second-order valence-corrected chi connectivity index (χ2v) is 9.35. The zero-order valence-corrected chi connectivity index (χ0v) is 19.0. The summed E-state index contributed by atoms with van der Waals surface area (Å²) in [6.07, 6.45) is 6.42. The molecule has 1 aliphatic heterocycles. The highest BCUT2D eigenvalue weighted by Crippen LogP contribution is 2.23. The molecule has 3 N–H and O–H groups in total. The number of hydrogen-bond acceptors (Lipinski definition) is 7. The van der Waals surface area contributed by atoms with Crippen LogP contribution < -0.4 is 16.2 Å². The van der Waals surface area contributed by atoms with Crippen LogP contribution in [0.4, 0.5) is 5.82 Å². The van der Waals surface area contributed by atoms with Crippen LogP contribution in [0.1, 0.15) is 48.0 Å². The zero-order chi connectivity index (χ0) is 22.8. The van der Waals surface area contributed by atoms with E-state index in [0.29, 0.717) is 30.5 Å². The van der Waals surface area contributed by atoms with Gasteiger partial charge in [-0.25, -0.2) is 14.8 Å². The first-order valence-corrected chi connectivity index (χ1v) is 11.6. The number of carboxylic acids is 1. The lowest BCUT2D eigenvalue weighted by atomic mass is 10.1. The van der Waals surface area contributed by atoms with Crippen molar-refractivity contribution in [2.75, 3.05) is 18.0 Å². The van der Waals surface area contributed by atoms with Crippen LogP contribution in [0.25, 0.3) is 11.7 Å². The van der Waals surface area contributed by atoms with Crippen LogP contribution in [0.5, 0.6) is 0 Å². The maximum atomic E-state index is 13.2. The molecule has 1 atom stereocenters. The largest absolute Gasteiger partial charge is 0.478 e. The van der Waals surface area contributed by atoms with Crippen molar-refractivity contribution < 1.29 is 9.90 Å². The van der Waals surface area contributed by atoms with Gasteiger partial charge in [0.15, 0.2) is 0 Å². The van der Waals surface area contributed by atoms with E-state index in [1.807, 2.05) is 17.0 Å². The predicted octanol–water partition coefficient (Wildman–Crippen LogP) is 2.69. The second kappa shape index (κ2) is 9.22. The molecule has 0 amide bonds. The van der Waals surface area contributed by atoms with E-state index in [9.17, 15) is 9.59 Å². The summed E-state index contributed by atoms with van der Waals surface area (Å²) in [5.74, 6) is -0.214.